The van der Waals surface area contributed by atoms with Gasteiger partial charge in [0.05, 0.1) is 22.4 Å². The zero-order chi connectivity index (χ0) is 48.5. The van der Waals surface area contributed by atoms with Gasteiger partial charge in [-0.25, -0.2) is 4.98 Å². The first kappa shape index (κ1) is 33.5. The molecule has 1 aliphatic heterocycles. The molecule has 5 heteroatoms. The monoisotopic (exact) mass is 828 g/mol. The number of pyridine rings is 1. The first-order valence-electron chi connectivity index (χ1n) is 24.6. The van der Waals surface area contributed by atoms with E-state index in [1.165, 1.54) is 35.9 Å². The van der Waals surface area contributed by atoms with Gasteiger partial charge in [-0.15, -0.1) is 0 Å². The molecular weight excluding hydrogens is 769 g/mol. The van der Waals surface area contributed by atoms with Crippen LogP contribution in [0, 0.1) is 0 Å². The normalized spacial score (nSPS) is 15.0. The molecule has 0 atom stereocenters. The average molecular weight is 829 g/mol. The Morgan fingerprint density at radius 1 is 0.476 bits per heavy atom. The van der Waals surface area contributed by atoms with Crippen LogP contribution < -0.4 is 14.5 Å². The Kier molecular flexibility index (Phi) is 8.17. The number of hydrogen-bond acceptors (Lipinski definition) is 4. The van der Waals surface area contributed by atoms with E-state index in [2.05, 4.69) is 159 Å². The maximum atomic E-state index is 8.36. The minimum absolute atomic E-state index is 0.155. The maximum Gasteiger partial charge on any atom is 0.137 e. The van der Waals surface area contributed by atoms with E-state index in [4.69, 9.17) is 17.9 Å². The van der Waals surface area contributed by atoms with Crippen LogP contribution in [0.1, 0.15) is 84.4 Å². The van der Waals surface area contributed by atoms with Gasteiger partial charge in [-0.3, -0.25) is 4.57 Å². The summed E-state index contributed by atoms with van der Waals surface area (Å²) in [6.45, 7) is 5.26. The second kappa shape index (κ2) is 15.4. The van der Waals surface area contributed by atoms with E-state index < -0.39 is 24.5 Å². The number of aromatic nitrogens is 2. The Bertz CT molecular complexity index is 3350. The number of para-hydroxylation sites is 3. The molecular formula is C58H54N4O. The van der Waals surface area contributed by atoms with Gasteiger partial charge in [0.1, 0.15) is 24.0 Å². The summed E-state index contributed by atoms with van der Waals surface area (Å²) in [5.74, 6) is 1.64. The van der Waals surface area contributed by atoms with Gasteiger partial charge in [-0.1, -0.05) is 151 Å². The number of hydrogen-bond donors (Lipinski definition) is 0. The van der Waals surface area contributed by atoms with E-state index in [9.17, 15) is 0 Å². The average Bonchev–Trinajstić information content (AvgIpc) is 3.90. The van der Waals surface area contributed by atoms with E-state index >= 15 is 0 Å². The van der Waals surface area contributed by atoms with Crippen LogP contribution in [0.25, 0.3) is 27.6 Å². The van der Waals surface area contributed by atoms with E-state index in [0.717, 1.165) is 50.1 Å². The Labute approximate surface area is 380 Å². The molecule has 0 N–H and O–H groups in total. The minimum Gasteiger partial charge on any atom is -0.457 e. The lowest BCUT2D eigenvalue weighted by atomic mass is 9.78. The first-order chi connectivity index (χ1) is 32.9. The molecule has 63 heavy (non-hydrogen) atoms. The van der Waals surface area contributed by atoms with Gasteiger partial charge in [0.15, 0.2) is 0 Å². The summed E-state index contributed by atoms with van der Waals surface area (Å²) in [6.07, 6.45) is 1.49. The van der Waals surface area contributed by atoms with Crippen molar-refractivity contribution in [2.45, 2.75) is 64.6 Å². The first-order valence-corrected chi connectivity index (χ1v) is 21.6. The molecule has 0 saturated carbocycles. The van der Waals surface area contributed by atoms with Gasteiger partial charge >= 0.3 is 0 Å². The molecule has 0 saturated heterocycles. The molecule has 0 spiro atoms. The Balaban J connectivity index is 1.08. The second-order valence-corrected chi connectivity index (χ2v) is 17.9. The van der Waals surface area contributed by atoms with Gasteiger partial charge in [-0.2, -0.15) is 0 Å². The molecule has 0 bridgehead atoms. The van der Waals surface area contributed by atoms with Gasteiger partial charge in [0, 0.05) is 59.5 Å². The van der Waals surface area contributed by atoms with Crippen LogP contribution in [0.15, 0.2) is 188 Å². The van der Waals surface area contributed by atoms with Crippen molar-refractivity contribution in [1.29, 1.82) is 0 Å². The predicted octanol–water partition coefficient (Wildman–Crippen LogP) is 15.2. The van der Waals surface area contributed by atoms with Crippen LogP contribution in [-0.2, 0) is 16.2 Å². The fourth-order valence-electron chi connectivity index (χ4n) is 9.17. The van der Waals surface area contributed by atoms with Crippen molar-refractivity contribution in [2.24, 2.45) is 0 Å². The van der Waals surface area contributed by atoms with E-state index in [-0.39, 0.29) is 11.0 Å². The summed E-state index contributed by atoms with van der Waals surface area (Å²) in [5, 5.41) is 1.89. The van der Waals surface area contributed by atoms with Gasteiger partial charge in [0.25, 0.3) is 0 Å². The largest absolute Gasteiger partial charge is 0.457 e. The summed E-state index contributed by atoms with van der Waals surface area (Å²) in [5.41, 5.74) is 8.00. The van der Waals surface area contributed by atoms with Gasteiger partial charge in [-0.05, 0) is 100.0 Å². The molecule has 0 fully saturated rings. The lowest BCUT2D eigenvalue weighted by Gasteiger charge is -2.30. The molecule has 0 radical (unpaired) electrons. The van der Waals surface area contributed by atoms with Crippen LogP contribution in [-0.4, -0.2) is 16.2 Å². The van der Waals surface area contributed by atoms with Crippen LogP contribution in [0.2, 0.25) is 0 Å². The van der Waals surface area contributed by atoms with Crippen molar-refractivity contribution in [1.82, 2.24) is 9.55 Å². The van der Waals surface area contributed by atoms with Gasteiger partial charge in [0.2, 0.25) is 0 Å². The summed E-state index contributed by atoms with van der Waals surface area (Å²) in [4.78, 5) is 9.45. The number of nitrogens with zero attached hydrogens (tertiary/aromatic N) is 4. The number of rotatable bonds is 9. The van der Waals surface area contributed by atoms with E-state index in [1.807, 2.05) is 53.1 Å². The van der Waals surface area contributed by atoms with Crippen LogP contribution >= 0.6 is 0 Å². The highest BCUT2D eigenvalue weighted by atomic mass is 16.5. The van der Waals surface area contributed by atoms with E-state index in [0.29, 0.717) is 24.0 Å². The third kappa shape index (κ3) is 7.21. The van der Waals surface area contributed by atoms with Crippen molar-refractivity contribution < 1.29 is 13.0 Å². The Hall–Kier alpha value is -7.11. The van der Waals surface area contributed by atoms with Crippen molar-refractivity contribution in [3.8, 4) is 17.3 Å². The summed E-state index contributed by atoms with van der Waals surface area (Å²) >= 11 is 0. The zero-order valence-electron chi connectivity index (χ0n) is 42.3. The van der Waals surface area contributed by atoms with Crippen molar-refractivity contribution in [2.75, 3.05) is 16.5 Å². The molecule has 1 aliphatic rings. The number of ether oxygens (including phenoxy) is 1. The molecule has 2 aromatic heterocycles. The molecule has 3 heterocycles. The topological polar surface area (TPSA) is 33.5 Å². The zero-order valence-corrected chi connectivity index (χ0v) is 36.3. The fourth-order valence-corrected chi connectivity index (χ4v) is 9.17. The second-order valence-electron chi connectivity index (χ2n) is 17.9. The third-order valence-electron chi connectivity index (χ3n) is 13.0. The van der Waals surface area contributed by atoms with Crippen LogP contribution in [0.4, 0.5) is 22.7 Å². The van der Waals surface area contributed by atoms with Crippen LogP contribution in [0.5, 0.6) is 11.5 Å². The molecule has 312 valence electrons. The lowest BCUT2D eigenvalue weighted by molar-refractivity contribution is 0.480. The van der Waals surface area contributed by atoms with Gasteiger partial charge < -0.3 is 14.5 Å². The number of fused-ring (bicyclic) bond motifs is 4. The third-order valence-corrected chi connectivity index (χ3v) is 13.0. The fraction of sp³-hybridized carbons (Fsp3) is 0.190. The quantitative estimate of drug-likeness (QED) is 0.145. The van der Waals surface area contributed by atoms with Crippen molar-refractivity contribution in [3.63, 3.8) is 0 Å². The lowest BCUT2D eigenvalue weighted by Crippen LogP contribution is -2.26. The number of benzene rings is 7. The predicted molar refractivity (Wildman–Crippen MR) is 263 cm³/mol. The minimum atomic E-state index is -2.82. The highest BCUT2D eigenvalue weighted by molar-refractivity contribution is 6.09. The van der Waals surface area contributed by atoms with E-state index in [1.54, 1.807) is 6.07 Å². The molecule has 7 aromatic carbocycles. The molecule has 0 unspecified atom stereocenters. The summed E-state index contributed by atoms with van der Waals surface area (Å²) in [6, 6.07) is 62.1. The standard InChI is InChI=1S/C58H54N4O/c1-56(2,3)42-31-32-59-55(36-42)62-51-26-15-14-25-49(51)50-30-29-47(38-54(50)62)63-48-35-44(58(6,7)41-21-12-9-13-22-41)34-46(37-48)61-39-60(52-27-16-17-28-53(52)61)45-24-18-23-43(33-45)57(4,5)40-19-10-8-11-20-40/h8-38H,39H2,1-7H3/i1D3,2D3. The smallest absolute Gasteiger partial charge is 0.137 e. The molecule has 9 aromatic rings. The Morgan fingerprint density at radius 2 is 1.08 bits per heavy atom. The highest BCUT2D eigenvalue weighted by Crippen LogP contribution is 2.48. The van der Waals surface area contributed by atoms with Crippen LogP contribution in [0.3, 0.4) is 0 Å². The number of anilines is 4. The highest BCUT2D eigenvalue weighted by Gasteiger charge is 2.32. The van der Waals surface area contributed by atoms with Crippen molar-refractivity contribution in [3.05, 3.63) is 216 Å². The Morgan fingerprint density at radius 3 is 1.79 bits per heavy atom. The molecule has 5 nitrogen and oxygen atoms in total. The molecule has 0 aliphatic carbocycles. The molecule has 0 amide bonds. The van der Waals surface area contributed by atoms with Crippen molar-refractivity contribution >= 4 is 44.6 Å². The maximum absolute atomic E-state index is 8.36. The summed E-state index contributed by atoms with van der Waals surface area (Å²) < 4.78 is 59.1. The molecule has 10 rings (SSSR count). The SMILES string of the molecule is [2H]C([2H])([2H])C(C)(c1ccnc(-n2c3ccccc3c3ccc(Oc4cc(N5CN(c6cccc(C(C)(C)c7ccccc7)c6)c6ccccc65)cc(C(C)(C)c5ccccc5)c4)cc32)c1)C([2H])([2H])[2H]. The summed E-state index contributed by atoms with van der Waals surface area (Å²) in [7, 11) is 0.